The van der Waals surface area contributed by atoms with Crippen LogP contribution in [0.4, 0.5) is 10.5 Å². The highest BCUT2D eigenvalue weighted by atomic mass is 32.1. The summed E-state index contributed by atoms with van der Waals surface area (Å²) < 4.78 is 11.3. The minimum atomic E-state index is -0.730. The van der Waals surface area contributed by atoms with Crippen LogP contribution in [0.5, 0.6) is 5.75 Å². The molecule has 1 aliphatic heterocycles. The SMILES string of the molecule is COc1ccc(CCNCc2ccc(NC(=O)CCN3CCC(OC(N)=O)CC3)cc2)c2sc(=O)[nH]c12. The first-order valence-electron chi connectivity index (χ1n) is 12.4. The summed E-state index contributed by atoms with van der Waals surface area (Å²) in [6.07, 6.45) is 1.81. The smallest absolute Gasteiger partial charge is 0.404 e. The molecule has 198 valence electrons. The molecular formula is C26H33N5O5S. The second kappa shape index (κ2) is 12.7. The van der Waals surface area contributed by atoms with E-state index in [-0.39, 0.29) is 16.9 Å². The molecule has 0 atom stereocenters. The number of H-pyrrole nitrogens is 1. The van der Waals surface area contributed by atoms with Crippen LogP contribution in [0, 0.1) is 0 Å². The summed E-state index contributed by atoms with van der Waals surface area (Å²) in [5, 5.41) is 6.39. The van der Waals surface area contributed by atoms with Gasteiger partial charge in [-0.2, -0.15) is 0 Å². The molecular weight excluding hydrogens is 494 g/mol. The largest absolute Gasteiger partial charge is 0.495 e. The quantitative estimate of drug-likeness (QED) is 0.281. The van der Waals surface area contributed by atoms with Gasteiger partial charge in [0.2, 0.25) is 5.91 Å². The number of likely N-dealkylation sites (tertiary alicyclic amines) is 1. The zero-order valence-electron chi connectivity index (χ0n) is 20.9. The Morgan fingerprint density at radius 2 is 1.92 bits per heavy atom. The molecule has 0 saturated carbocycles. The van der Waals surface area contributed by atoms with Gasteiger partial charge in [-0.1, -0.05) is 29.5 Å². The van der Waals surface area contributed by atoms with Crippen molar-refractivity contribution in [2.45, 2.75) is 38.3 Å². The van der Waals surface area contributed by atoms with E-state index >= 15 is 0 Å². The molecule has 1 aliphatic rings. The summed E-state index contributed by atoms with van der Waals surface area (Å²) in [5.41, 5.74) is 8.82. The summed E-state index contributed by atoms with van der Waals surface area (Å²) in [6.45, 7) is 3.69. The lowest BCUT2D eigenvalue weighted by Gasteiger charge is -2.30. The van der Waals surface area contributed by atoms with Crippen molar-refractivity contribution in [1.29, 1.82) is 0 Å². The Balaban J connectivity index is 1.16. The molecule has 1 aromatic heterocycles. The maximum atomic E-state index is 12.4. The van der Waals surface area contributed by atoms with Gasteiger partial charge in [0.15, 0.2) is 0 Å². The number of rotatable bonds is 11. The number of carbonyl (C=O) groups excluding carboxylic acids is 2. The molecule has 0 spiro atoms. The van der Waals surface area contributed by atoms with Gasteiger partial charge in [0.25, 0.3) is 0 Å². The fourth-order valence-corrected chi connectivity index (χ4v) is 5.38. The van der Waals surface area contributed by atoms with Gasteiger partial charge in [0.05, 0.1) is 11.8 Å². The molecule has 0 radical (unpaired) electrons. The van der Waals surface area contributed by atoms with Crippen LogP contribution in [0.1, 0.15) is 30.4 Å². The lowest BCUT2D eigenvalue weighted by molar-refractivity contribution is -0.116. The van der Waals surface area contributed by atoms with Crippen LogP contribution in [0.3, 0.4) is 0 Å². The number of thiazole rings is 1. The standard InChI is InChI=1S/C26H33N5O5S/c1-35-21-7-4-18(24-23(21)30-26(34)37-24)8-12-28-16-17-2-5-19(6-3-17)29-22(32)11-15-31-13-9-20(10-14-31)36-25(27)33/h2-7,20,28H,8-16H2,1H3,(H2,27,33)(H,29,32)(H,30,34). The molecule has 0 unspecified atom stereocenters. The summed E-state index contributed by atoms with van der Waals surface area (Å²) in [5.74, 6) is 0.647. The van der Waals surface area contributed by atoms with Crippen LogP contribution in [-0.4, -0.2) is 61.3 Å². The van der Waals surface area contributed by atoms with Crippen LogP contribution < -0.4 is 26.0 Å². The van der Waals surface area contributed by atoms with Crippen molar-refractivity contribution < 1.29 is 19.1 Å². The number of nitrogens with one attached hydrogen (secondary N) is 3. The molecule has 5 N–H and O–H groups in total. The molecule has 2 aromatic carbocycles. The first-order chi connectivity index (χ1) is 17.9. The van der Waals surface area contributed by atoms with Gasteiger partial charge in [-0.25, -0.2) is 4.79 Å². The fraction of sp³-hybridized carbons (Fsp3) is 0.423. The number of anilines is 1. The van der Waals surface area contributed by atoms with Crippen molar-refractivity contribution in [3.8, 4) is 5.75 Å². The number of hydrogen-bond donors (Lipinski definition) is 4. The molecule has 2 amide bonds. The van der Waals surface area contributed by atoms with Crippen molar-refractivity contribution in [2.24, 2.45) is 5.73 Å². The van der Waals surface area contributed by atoms with E-state index in [1.54, 1.807) is 7.11 Å². The Kier molecular flexibility index (Phi) is 9.15. The van der Waals surface area contributed by atoms with Crippen molar-refractivity contribution >= 4 is 39.2 Å². The van der Waals surface area contributed by atoms with Crippen molar-refractivity contribution in [2.75, 3.05) is 38.6 Å². The molecule has 4 rings (SSSR count). The number of nitrogens with zero attached hydrogens (tertiary/aromatic N) is 1. The number of fused-ring (bicyclic) bond motifs is 1. The first-order valence-corrected chi connectivity index (χ1v) is 13.2. The van der Waals surface area contributed by atoms with Crippen molar-refractivity contribution in [1.82, 2.24) is 15.2 Å². The molecule has 1 fully saturated rings. The summed E-state index contributed by atoms with van der Waals surface area (Å²) in [7, 11) is 1.60. The molecule has 3 aromatic rings. The Labute approximate surface area is 219 Å². The molecule has 0 bridgehead atoms. The van der Waals surface area contributed by atoms with Crippen LogP contribution in [0.15, 0.2) is 41.2 Å². The summed E-state index contributed by atoms with van der Waals surface area (Å²) in [4.78, 5) is 40.0. The lowest BCUT2D eigenvalue weighted by atomic mass is 10.1. The number of benzene rings is 2. The number of methoxy groups -OCH3 is 1. The van der Waals surface area contributed by atoms with Gasteiger partial charge in [-0.15, -0.1) is 0 Å². The Morgan fingerprint density at radius 3 is 2.62 bits per heavy atom. The maximum Gasteiger partial charge on any atom is 0.404 e. The predicted molar refractivity (Wildman–Crippen MR) is 144 cm³/mol. The summed E-state index contributed by atoms with van der Waals surface area (Å²) >= 11 is 1.21. The second-order valence-corrected chi connectivity index (χ2v) is 10.0. The minimum Gasteiger partial charge on any atom is -0.495 e. The van der Waals surface area contributed by atoms with Crippen LogP contribution >= 0.6 is 11.3 Å². The molecule has 1 saturated heterocycles. The highest BCUT2D eigenvalue weighted by molar-refractivity contribution is 7.16. The van der Waals surface area contributed by atoms with Crippen LogP contribution in [0.25, 0.3) is 10.2 Å². The number of amides is 2. The predicted octanol–water partition coefficient (Wildman–Crippen LogP) is 2.82. The number of hydrogen-bond acceptors (Lipinski definition) is 8. The molecule has 2 heterocycles. The topological polar surface area (TPSA) is 139 Å². The Bertz CT molecular complexity index is 1260. The highest BCUT2D eigenvalue weighted by Crippen LogP contribution is 2.28. The molecule has 11 heteroatoms. The van der Waals surface area contributed by atoms with E-state index in [0.29, 0.717) is 25.3 Å². The minimum absolute atomic E-state index is 0.0285. The number of piperidine rings is 1. The molecule has 0 aliphatic carbocycles. The van der Waals surface area contributed by atoms with E-state index in [2.05, 4.69) is 20.5 Å². The normalized spacial score (nSPS) is 14.5. The monoisotopic (exact) mass is 527 g/mol. The average molecular weight is 528 g/mol. The summed E-state index contributed by atoms with van der Waals surface area (Å²) in [6, 6.07) is 11.7. The highest BCUT2D eigenvalue weighted by Gasteiger charge is 2.21. The van der Waals surface area contributed by atoms with Gasteiger partial charge in [-0.3, -0.25) is 9.59 Å². The first kappa shape index (κ1) is 26.6. The van der Waals surface area contributed by atoms with Gasteiger partial charge in [0.1, 0.15) is 17.4 Å². The lowest BCUT2D eigenvalue weighted by Crippen LogP contribution is -2.39. The zero-order chi connectivity index (χ0) is 26.2. The third-order valence-electron chi connectivity index (χ3n) is 6.45. The van der Waals surface area contributed by atoms with Gasteiger partial charge in [-0.05, 0) is 55.1 Å². The van der Waals surface area contributed by atoms with Gasteiger partial charge < -0.3 is 35.7 Å². The van der Waals surface area contributed by atoms with Crippen LogP contribution in [-0.2, 0) is 22.5 Å². The second-order valence-electron chi connectivity index (χ2n) is 9.05. The van der Waals surface area contributed by atoms with E-state index in [0.717, 1.165) is 65.9 Å². The van der Waals surface area contributed by atoms with Gasteiger partial charge in [0, 0.05) is 38.3 Å². The van der Waals surface area contributed by atoms with Crippen molar-refractivity contribution in [3.05, 3.63) is 57.2 Å². The van der Waals surface area contributed by atoms with E-state index in [1.165, 1.54) is 11.3 Å². The van der Waals surface area contributed by atoms with Gasteiger partial charge >= 0.3 is 11.0 Å². The molecule has 37 heavy (non-hydrogen) atoms. The number of aromatic nitrogens is 1. The number of ether oxygens (including phenoxy) is 2. The third kappa shape index (κ3) is 7.54. The maximum absolute atomic E-state index is 12.4. The number of nitrogens with two attached hydrogens (primary N) is 1. The zero-order valence-corrected chi connectivity index (χ0v) is 21.7. The third-order valence-corrected chi connectivity index (χ3v) is 7.41. The molecule has 10 nitrogen and oxygen atoms in total. The Morgan fingerprint density at radius 1 is 1.16 bits per heavy atom. The van der Waals surface area contributed by atoms with E-state index in [9.17, 15) is 14.4 Å². The Hall–Kier alpha value is -3.41. The fourth-order valence-electron chi connectivity index (χ4n) is 4.49. The van der Waals surface area contributed by atoms with E-state index in [1.807, 2.05) is 36.4 Å². The average Bonchev–Trinajstić information content (AvgIpc) is 3.28. The number of aromatic amines is 1. The number of carbonyl (C=O) groups is 2. The van der Waals surface area contributed by atoms with E-state index in [4.69, 9.17) is 15.2 Å². The van der Waals surface area contributed by atoms with E-state index < -0.39 is 6.09 Å². The number of primary amides is 1. The van der Waals surface area contributed by atoms with Crippen LogP contribution in [0.2, 0.25) is 0 Å². The van der Waals surface area contributed by atoms with Crippen molar-refractivity contribution in [3.63, 3.8) is 0 Å².